The molecule has 0 aliphatic carbocycles. The third-order valence-corrected chi connectivity index (χ3v) is 6.00. The number of halogens is 1. The number of rotatable bonds is 4. The Morgan fingerprint density at radius 3 is 2.74 bits per heavy atom. The first-order valence-corrected chi connectivity index (χ1v) is 8.67. The fourth-order valence-electron chi connectivity index (χ4n) is 1.69. The molecule has 0 saturated carbocycles. The molecular formula is C12H13BrN2O2S2. The monoisotopic (exact) mass is 360 g/mol. The molecule has 0 radical (unpaired) electrons. The molecule has 102 valence electrons. The van der Waals surface area contributed by atoms with E-state index >= 15 is 0 Å². The van der Waals surface area contributed by atoms with E-state index in [4.69, 9.17) is 0 Å². The molecule has 2 aromatic rings. The maximum Gasteiger partial charge on any atom is 0.242 e. The Bertz CT molecular complexity index is 668. The van der Waals surface area contributed by atoms with Crippen LogP contribution >= 0.6 is 27.3 Å². The Morgan fingerprint density at radius 1 is 1.47 bits per heavy atom. The number of nitrogens with zero attached hydrogens (tertiary/aromatic N) is 1. The third-order valence-electron chi connectivity index (χ3n) is 2.65. The van der Waals surface area contributed by atoms with Gasteiger partial charge in [0.05, 0.1) is 8.68 Å². The molecular weight excluding hydrogens is 348 g/mol. The van der Waals surface area contributed by atoms with Gasteiger partial charge in [-0.05, 0) is 47.5 Å². The molecule has 0 saturated heterocycles. The van der Waals surface area contributed by atoms with Crippen molar-refractivity contribution in [3.8, 4) is 0 Å². The number of nitrogens with one attached hydrogen (secondary N) is 1. The largest absolute Gasteiger partial charge is 0.264 e. The van der Waals surface area contributed by atoms with Gasteiger partial charge in [0.1, 0.15) is 0 Å². The van der Waals surface area contributed by atoms with Crippen molar-refractivity contribution in [1.82, 2.24) is 9.71 Å². The molecule has 2 heterocycles. The topological polar surface area (TPSA) is 59.1 Å². The van der Waals surface area contributed by atoms with Crippen LogP contribution in [0.4, 0.5) is 0 Å². The zero-order valence-electron chi connectivity index (χ0n) is 10.4. The van der Waals surface area contributed by atoms with Crippen LogP contribution in [0.5, 0.6) is 0 Å². The van der Waals surface area contributed by atoms with E-state index in [2.05, 4.69) is 25.6 Å². The molecule has 2 rings (SSSR count). The number of aromatic nitrogens is 1. The lowest BCUT2D eigenvalue weighted by atomic mass is 10.2. The van der Waals surface area contributed by atoms with E-state index in [0.717, 1.165) is 14.2 Å². The van der Waals surface area contributed by atoms with Gasteiger partial charge in [0, 0.05) is 23.3 Å². The average Bonchev–Trinajstić information content (AvgIpc) is 2.70. The predicted molar refractivity (Wildman–Crippen MR) is 79.7 cm³/mol. The number of thiophene rings is 1. The van der Waals surface area contributed by atoms with Crippen LogP contribution in [0.1, 0.15) is 23.4 Å². The second-order valence-corrected chi connectivity index (χ2v) is 8.42. The second kappa shape index (κ2) is 5.70. The highest BCUT2D eigenvalue weighted by Gasteiger charge is 2.22. The first-order valence-electron chi connectivity index (χ1n) is 5.58. The summed E-state index contributed by atoms with van der Waals surface area (Å²) in [4.78, 5) is 5.07. The molecule has 0 bridgehead atoms. The summed E-state index contributed by atoms with van der Waals surface area (Å²) in [5.41, 5.74) is 0.832. The van der Waals surface area contributed by atoms with E-state index in [9.17, 15) is 8.42 Å². The molecule has 1 atom stereocenters. The van der Waals surface area contributed by atoms with Gasteiger partial charge in [0.2, 0.25) is 10.0 Å². The normalized spacial score (nSPS) is 13.4. The molecule has 19 heavy (non-hydrogen) atoms. The zero-order chi connectivity index (χ0) is 14.0. The van der Waals surface area contributed by atoms with Crippen LogP contribution in [0.25, 0.3) is 0 Å². The summed E-state index contributed by atoms with van der Waals surface area (Å²) in [6.07, 6.45) is 3.31. The Hall–Kier alpha value is -0.760. The van der Waals surface area contributed by atoms with Crippen molar-refractivity contribution < 1.29 is 8.42 Å². The highest BCUT2D eigenvalue weighted by molar-refractivity contribution is 9.11. The van der Waals surface area contributed by atoms with E-state index in [1.807, 2.05) is 6.07 Å². The van der Waals surface area contributed by atoms with Crippen molar-refractivity contribution in [3.63, 3.8) is 0 Å². The van der Waals surface area contributed by atoms with Gasteiger partial charge in [-0.2, -0.15) is 0 Å². The smallest absolute Gasteiger partial charge is 0.242 e. The molecule has 1 N–H and O–H groups in total. The molecule has 0 spiro atoms. The summed E-state index contributed by atoms with van der Waals surface area (Å²) in [6.45, 7) is 3.59. The lowest BCUT2D eigenvalue weighted by Gasteiger charge is -2.13. The minimum atomic E-state index is -3.51. The van der Waals surface area contributed by atoms with Gasteiger partial charge in [-0.25, -0.2) is 13.1 Å². The molecule has 0 aromatic carbocycles. The van der Waals surface area contributed by atoms with Gasteiger partial charge in [0.15, 0.2) is 0 Å². The number of aryl methyl sites for hydroxylation is 1. The summed E-state index contributed by atoms with van der Waals surface area (Å²) in [6, 6.07) is 4.93. The Labute approximate surface area is 125 Å². The maximum atomic E-state index is 12.3. The number of pyridine rings is 1. The molecule has 7 heteroatoms. The number of hydrogen-bond donors (Lipinski definition) is 1. The van der Waals surface area contributed by atoms with E-state index in [-0.39, 0.29) is 6.04 Å². The molecule has 0 fully saturated rings. The van der Waals surface area contributed by atoms with Crippen LogP contribution in [0.3, 0.4) is 0 Å². The third kappa shape index (κ3) is 3.42. The van der Waals surface area contributed by atoms with Crippen molar-refractivity contribution in [1.29, 1.82) is 0 Å². The summed E-state index contributed by atoms with van der Waals surface area (Å²) >= 11 is 4.71. The number of hydrogen-bond acceptors (Lipinski definition) is 4. The average molecular weight is 361 g/mol. The molecule has 4 nitrogen and oxygen atoms in total. The van der Waals surface area contributed by atoms with Crippen molar-refractivity contribution >= 4 is 37.3 Å². The SMILES string of the molecule is Cc1sc(Br)cc1S(=O)(=O)NC(C)c1cccnc1. The standard InChI is InChI=1S/C12H13BrN2O2S2/c1-8(10-4-3-5-14-7-10)15-19(16,17)11-6-12(13)18-9(11)2/h3-8,15H,1-2H3. The van der Waals surface area contributed by atoms with Gasteiger partial charge in [-0.1, -0.05) is 6.07 Å². The highest BCUT2D eigenvalue weighted by atomic mass is 79.9. The maximum absolute atomic E-state index is 12.3. The summed E-state index contributed by atoms with van der Waals surface area (Å²) in [5.74, 6) is 0. The summed E-state index contributed by atoms with van der Waals surface area (Å²) < 4.78 is 28.1. The molecule has 0 aliphatic rings. The molecule has 0 amide bonds. The fraction of sp³-hybridized carbons (Fsp3) is 0.250. The van der Waals surface area contributed by atoms with Crippen LogP contribution in [0, 0.1) is 6.92 Å². The minimum absolute atomic E-state index is 0.320. The molecule has 0 aliphatic heterocycles. The van der Waals surface area contributed by atoms with E-state index in [1.54, 1.807) is 38.4 Å². The van der Waals surface area contributed by atoms with Crippen LogP contribution < -0.4 is 4.72 Å². The predicted octanol–water partition coefficient (Wildman–Crippen LogP) is 3.25. The van der Waals surface area contributed by atoms with Crippen molar-refractivity contribution in [3.05, 3.63) is 44.8 Å². The van der Waals surface area contributed by atoms with Gasteiger partial charge in [-0.3, -0.25) is 4.98 Å². The fourth-order valence-corrected chi connectivity index (χ4v) is 5.34. The first-order chi connectivity index (χ1) is 8.90. The number of sulfonamides is 1. The minimum Gasteiger partial charge on any atom is -0.264 e. The Kier molecular flexibility index (Phi) is 4.39. The Balaban J connectivity index is 2.25. The van der Waals surface area contributed by atoms with Gasteiger partial charge in [-0.15, -0.1) is 11.3 Å². The van der Waals surface area contributed by atoms with Crippen molar-refractivity contribution in [2.24, 2.45) is 0 Å². The molecule has 1 unspecified atom stereocenters. The lowest BCUT2D eigenvalue weighted by Crippen LogP contribution is -2.27. The first kappa shape index (κ1) is 14.6. The van der Waals surface area contributed by atoms with Gasteiger partial charge in [0.25, 0.3) is 0 Å². The quantitative estimate of drug-likeness (QED) is 0.910. The summed E-state index contributed by atoms with van der Waals surface area (Å²) in [5, 5.41) is 0. The molecule has 2 aromatic heterocycles. The van der Waals surface area contributed by atoms with Gasteiger partial charge < -0.3 is 0 Å². The van der Waals surface area contributed by atoms with Crippen LogP contribution in [0.15, 0.2) is 39.3 Å². The van der Waals surface area contributed by atoms with E-state index in [1.165, 1.54) is 11.3 Å². The van der Waals surface area contributed by atoms with Gasteiger partial charge >= 0.3 is 0 Å². The van der Waals surface area contributed by atoms with Crippen LogP contribution in [-0.2, 0) is 10.0 Å². The van der Waals surface area contributed by atoms with E-state index in [0.29, 0.717) is 4.90 Å². The zero-order valence-corrected chi connectivity index (χ0v) is 13.6. The highest BCUT2D eigenvalue weighted by Crippen LogP contribution is 2.30. The van der Waals surface area contributed by atoms with E-state index < -0.39 is 10.0 Å². The van der Waals surface area contributed by atoms with Crippen LogP contribution in [-0.4, -0.2) is 13.4 Å². The summed E-state index contributed by atoms with van der Waals surface area (Å²) in [7, 11) is -3.51. The second-order valence-electron chi connectivity index (χ2n) is 4.10. The lowest BCUT2D eigenvalue weighted by molar-refractivity contribution is 0.566. The Morgan fingerprint density at radius 2 is 2.21 bits per heavy atom. The van der Waals surface area contributed by atoms with Crippen LogP contribution in [0.2, 0.25) is 0 Å². The van der Waals surface area contributed by atoms with Crippen molar-refractivity contribution in [2.45, 2.75) is 24.8 Å². The van der Waals surface area contributed by atoms with Crippen molar-refractivity contribution in [2.75, 3.05) is 0 Å².